The van der Waals surface area contributed by atoms with E-state index in [4.69, 9.17) is 10.8 Å². The van der Waals surface area contributed by atoms with Gasteiger partial charge in [0.2, 0.25) is 0 Å². The Balaban J connectivity index is 0.000000332. The number of hydrogen-bond acceptors (Lipinski definition) is 7. The number of piperazine rings is 1. The van der Waals surface area contributed by atoms with Crippen molar-refractivity contribution in [2.45, 2.75) is 31.8 Å². The monoisotopic (exact) mass is 466 g/mol. The molecule has 2 fully saturated rings. The summed E-state index contributed by atoms with van der Waals surface area (Å²) in [5, 5.41) is 13.4. The molecule has 0 atom stereocenters. The van der Waals surface area contributed by atoms with Crippen molar-refractivity contribution in [1.82, 2.24) is 19.9 Å². The standard InChI is InChI=1S/C19H20N6OS.C5H10O/c1-24-4-6-25(7-5-24)11-2-3-13-14(8-11)22-18(21-13)16-17(20)12-9-27-10-15(12)23-19(16)26;6-5-3-1-2-4-5/h2-3,8-10H,4-7,20H2,1H3,(H,21,22)(H,23,26);5-6H,1-4H2. The van der Waals surface area contributed by atoms with Gasteiger partial charge in [-0.05, 0) is 38.1 Å². The van der Waals surface area contributed by atoms with E-state index in [9.17, 15) is 4.79 Å². The number of aliphatic hydroxyl groups is 1. The zero-order chi connectivity index (χ0) is 22.9. The number of fused-ring (bicyclic) bond motifs is 2. The number of aliphatic hydroxyl groups excluding tert-OH is 1. The summed E-state index contributed by atoms with van der Waals surface area (Å²) in [6, 6.07) is 6.19. The van der Waals surface area contributed by atoms with E-state index >= 15 is 0 Å². The highest BCUT2D eigenvalue weighted by Gasteiger charge is 2.18. The number of likely N-dealkylation sites (N-methyl/N-ethyl adjacent to an activating group) is 1. The number of thiophene rings is 1. The number of anilines is 2. The summed E-state index contributed by atoms with van der Waals surface area (Å²) in [5.74, 6) is 0.507. The second-order valence-electron chi connectivity index (χ2n) is 8.96. The molecule has 8 nitrogen and oxygen atoms in total. The topological polar surface area (TPSA) is 114 Å². The summed E-state index contributed by atoms with van der Waals surface area (Å²) in [7, 11) is 2.15. The van der Waals surface area contributed by atoms with Gasteiger partial charge in [0.05, 0.1) is 28.3 Å². The SMILES string of the molecule is CN1CCN(c2ccc3nc(-c4c(N)c5cscc5[nH]c4=O)[nH]c3c2)CC1.OC1CCCC1. The van der Waals surface area contributed by atoms with E-state index in [1.54, 1.807) is 0 Å². The van der Waals surface area contributed by atoms with Crippen LogP contribution < -0.4 is 16.2 Å². The Morgan fingerprint density at radius 2 is 1.85 bits per heavy atom. The predicted molar refractivity (Wildman–Crippen MR) is 136 cm³/mol. The lowest BCUT2D eigenvalue weighted by molar-refractivity contribution is 0.183. The van der Waals surface area contributed by atoms with Crippen molar-refractivity contribution >= 4 is 44.6 Å². The molecule has 0 spiro atoms. The van der Waals surface area contributed by atoms with Gasteiger partial charge < -0.3 is 30.6 Å². The number of aromatic nitrogens is 3. The molecular formula is C24H30N6O2S. The fourth-order valence-electron chi connectivity index (χ4n) is 4.56. The largest absolute Gasteiger partial charge is 0.397 e. The molecule has 1 aliphatic carbocycles. The Hall–Kier alpha value is -2.88. The third-order valence-corrected chi connectivity index (χ3v) is 7.34. The number of aromatic amines is 2. The number of nitrogens with one attached hydrogen (secondary N) is 2. The van der Waals surface area contributed by atoms with Gasteiger partial charge in [-0.15, -0.1) is 11.3 Å². The lowest BCUT2D eigenvalue weighted by atomic mass is 10.1. The van der Waals surface area contributed by atoms with E-state index < -0.39 is 0 Å². The molecule has 0 bridgehead atoms. The summed E-state index contributed by atoms with van der Waals surface area (Å²) in [6.45, 7) is 4.12. The number of nitrogens with two attached hydrogens (primary N) is 1. The molecule has 2 aliphatic rings. The van der Waals surface area contributed by atoms with Gasteiger partial charge in [-0.2, -0.15) is 0 Å². The van der Waals surface area contributed by atoms with Gasteiger partial charge in [0.25, 0.3) is 5.56 Å². The van der Waals surface area contributed by atoms with Crippen molar-refractivity contribution in [1.29, 1.82) is 0 Å². The second-order valence-corrected chi connectivity index (χ2v) is 9.70. The first-order chi connectivity index (χ1) is 16.0. The van der Waals surface area contributed by atoms with E-state index in [0.29, 0.717) is 17.1 Å². The third-order valence-electron chi connectivity index (χ3n) is 6.59. The fourth-order valence-corrected chi connectivity index (χ4v) is 5.34. The Labute approximate surface area is 196 Å². The molecule has 1 aliphatic heterocycles. The van der Waals surface area contributed by atoms with Crippen LogP contribution in [-0.4, -0.2) is 64.3 Å². The van der Waals surface area contributed by atoms with Crippen LogP contribution in [0.5, 0.6) is 0 Å². The molecule has 0 unspecified atom stereocenters. The Bertz CT molecular complexity index is 1310. The van der Waals surface area contributed by atoms with Crippen LogP contribution >= 0.6 is 11.3 Å². The van der Waals surface area contributed by atoms with Gasteiger partial charge in [-0.1, -0.05) is 12.8 Å². The van der Waals surface area contributed by atoms with Crippen LogP contribution in [0.2, 0.25) is 0 Å². The number of hydrogen-bond donors (Lipinski definition) is 4. The molecule has 0 radical (unpaired) electrons. The van der Waals surface area contributed by atoms with Gasteiger partial charge in [-0.25, -0.2) is 4.98 Å². The second kappa shape index (κ2) is 9.17. The van der Waals surface area contributed by atoms with Crippen LogP contribution in [0.25, 0.3) is 33.3 Å². The third kappa shape index (κ3) is 4.48. The van der Waals surface area contributed by atoms with Gasteiger partial charge in [-0.3, -0.25) is 4.79 Å². The maximum atomic E-state index is 12.6. The molecule has 33 heavy (non-hydrogen) atoms. The zero-order valence-corrected chi connectivity index (χ0v) is 19.6. The Morgan fingerprint density at radius 3 is 2.55 bits per heavy atom. The van der Waals surface area contributed by atoms with Gasteiger partial charge in [0, 0.05) is 48.0 Å². The van der Waals surface area contributed by atoms with Crippen LogP contribution in [0.4, 0.5) is 11.4 Å². The van der Waals surface area contributed by atoms with Crippen LogP contribution in [0.3, 0.4) is 0 Å². The molecule has 1 saturated carbocycles. The average Bonchev–Trinajstić information content (AvgIpc) is 3.55. The van der Waals surface area contributed by atoms with Crippen molar-refractivity contribution in [3.63, 3.8) is 0 Å². The minimum absolute atomic E-state index is 0.0463. The average molecular weight is 467 g/mol. The molecule has 4 heterocycles. The summed E-state index contributed by atoms with van der Waals surface area (Å²) in [5.41, 5.74) is 10.6. The van der Waals surface area contributed by atoms with E-state index in [2.05, 4.69) is 43.9 Å². The Morgan fingerprint density at radius 1 is 1.09 bits per heavy atom. The fraction of sp³-hybridized carbons (Fsp3) is 0.417. The first-order valence-electron chi connectivity index (χ1n) is 11.5. The van der Waals surface area contributed by atoms with E-state index in [-0.39, 0.29) is 11.7 Å². The van der Waals surface area contributed by atoms with Crippen molar-refractivity contribution in [2.75, 3.05) is 43.9 Å². The quantitative estimate of drug-likeness (QED) is 0.360. The highest BCUT2D eigenvalue weighted by Crippen LogP contribution is 2.31. The maximum Gasteiger partial charge on any atom is 0.261 e. The smallest absolute Gasteiger partial charge is 0.261 e. The molecule has 1 saturated heterocycles. The van der Waals surface area contributed by atoms with E-state index in [1.165, 1.54) is 29.9 Å². The summed E-state index contributed by atoms with van der Waals surface area (Å²) < 4.78 is 0. The molecule has 9 heteroatoms. The van der Waals surface area contributed by atoms with E-state index in [1.807, 2.05) is 16.8 Å². The summed E-state index contributed by atoms with van der Waals surface area (Å²) in [6.07, 6.45) is 4.60. The first-order valence-corrected chi connectivity index (χ1v) is 12.4. The lowest BCUT2D eigenvalue weighted by Crippen LogP contribution is -2.44. The van der Waals surface area contributed by atoms with Crippen molar-refractivity contribution in [3.05, 3.63) is 39.3 Å². The zero-order valence-electron chi connectivity index (χ0n) is 18.8. The molecule has 4 aromatic rings. The number of benzene rings is 1. The highest BCUT2D eigenvalue weighted by molar-refractivity contribution is 7.09. The highest BCUT2D eigenvalue weighted by atomic mass is 32.1. The summed E-state index contributed by atoms with van der Waals surface area (Å²) in [4.78, 5) is 28.1. The molecule has 3 aromatic heterocycles. The Kier molecular flexibility index (Phi) is 6.09. The van der Waals surface area contributed by atoms with Crippen molar-refractivity contribution in [3.8, 4) is 11.4 Å². The number of pyridine rings is 1. The van der Waals surface area contributed by atoms with Crippen LogP contribution in [-0.2, 0) is 0 Å². The van der Waals surface area contributed by atoms with Crippen LogP contribution in [0.15, 0.2) is 33.8 Å². The van der Waals surface area contributed by atoms with Crippen LogP contribution in [0.1, 0.15) is 25.7 Å². The van der Waals surface area contributed by atoms with Gasteiger partial charge in [0.15, 0.2) is 0 Å². The summed E-state index contributed by atoms with van der Waals surface area (Å²) >= 11 is 1.51. The number of nitrogen functional groups attached to an aromatic ring is 1. The number of H-pyrrole nitrogens is 2. The number of nitrogens with zero attached hydrogens (tertiary/aromatic N) is 3. The lowest BCUT2D eigenvalue weighted by Gasteiger charge is -2.34. The van der Waals surface area contributed by atoms with Gasteiger partial charge in [0.1, 0.15) is 11.4 Å². The molecule has 174 valence electrons. The number of rotatable bonds is 2. The minimum Gasteiger partial charge on any atom is -0.397 e. The van der Waals surface area contributed by atoms with Crippen molar-refractivity contribution in [2.24, 2.45) is 0 Å². The first kappa shape index (κ1) is 21.9. The normalized spacial score (nSPS) is 17.6. The van der Waals surface area contributed by atoms with E-state index in [0.717, 1.165) is 61.0 Å². The molecular weight excluding hydrogens is 436 g/mol. The molecule has 5 N–H and O–H groups in total. The minimum atomic E-state index is -0.225. The number of imidazole rings is 1. The van der Waals surface area contributed by atoms with Gasteiger partial charge >= 0.3 is 0 Å². The molecule has 0 amide bonds. The van der Waals surface area contributed by atoms with Crippen molar-refractivity contribution < 1.29 is 5.11 Å². The maximum absolute atomic E-state index is 12.6. The predicted octanol–water partition coefficient (Wildman–Crippen LogP) is 3.39. The molecule has 6 rings (SSSR count). The van der Waals surface area contributed by atoms with Crippen LogP contribution in [0, 0.1) is 0 Å². The molecule has 1 aromatic carbocycles.